The van der Waals surface area contributed by atoms with E-state index in [0.717, 1.165) is 5.69 Å². The first-order valence-corrected chi connectivity index (χ1v) is 7.33. The Hall–Kier alpha value is -2.77. The van der Waals surface area contributed by atoms with Crippen LogP contribution in [0.2, 0.25) is 0 Å². The minimum absolute atomic E-state index is 0.184. The molecular weight excluding hydrogens is 298 g/mol. The van der Waals surface area contributed by atoms with Crippen LogP contribution in [0.4, 0.5) is 11.4 Å². The molecule has 1 unspecified atom stereocenters. The van der Waals surface area contributed by atoms with Crippen molar-refractivity contribution in [2.75, 3.05) is 5.32 Å². The van der Waals surface area contributed by atoms with Crippen LogP contribution in [0, 0.1) is 5.53 Å². The maximum atomic E-state index is 12.3. The van der Waals surface area contributed by atoms with Gasteiger partial charge in [-0.25, -0.2) is 5.53 Å². The van der Waals surface area contributed by atoms with Crippen LogP contribution in [0.5, 0.6) is 0 Å². The van der Waals surface area contributed by atoms with E-state index < -0.39 is 17.9 Å². The average Bonchev–Trinajstić information content (AvgIpc) is 2.49. The van der Waals surface area contributed by atoms with Crippen LogP contribution in [-0.2, 0) is 9.59 Å². The van der Waals surface area contributed by atoms with Crippen molar-refractivity contribution in [1.82, 2.24) is 10.6 Å². The van der Waals surface area contributed by atoms with E-state index in [0.29, 0.717) is 0 Å². The lowest BCUT2D eigenvalue weighted by atomic mass is 10.0. The molecule has 0 aromatic heterocycles. The quantitative estimate of drug-likeness (QED) is 0.487. The molecule has 0 bridgehead atoms. The van der Waals surface area contributed by atoms with Crippen molar-refractivity contribution in [2.24, 2.45) is 5.11 Å². The van der Waals surface area contributed by atoms with Crippen molar-refractivity contribution < 1.29 is 14.4 Å². The van der Waals surface area contributed by atoms with E-state index >= 15 is 0 Å². The molecule has 1 fully saturated rings. The van der Waals surface area contributed by atoms with Gasteiger partial charge in [0.15, 0.2) is 0 Å². The lowest BCUT2D eigenvalue weighted by Crippen LogP contribution is -2.52. The number of carbonyl (C=O) groups is 3. The predicted octanol–water partition coefficient (Wildman–Crippen LogP) is 1.70. The monoisotopic (exact) mass is 317 g/mol. The number of anilines is 1. The van der Waals surface area contributed by atoms with Crippen LogP contribution in [0.25, 0.3) is 0 Å². The van der Waals surface area contributed by atoms with Crippen molar-refractivity contribution in [3.63, 3.8) is 0 Å². The van der Waals surface area contributed by atoms with Crippen molar-refractivity contribution in [2.45, 2.75) is 38.8 Å². The number of hydrogen-bond acceptors (Lipinski definition) is 6. The fourth-order valence-corrected chi connectivity index (χ4v) is 2.31. The highest BCUT2D eigenvalue weighted by atomic mass is 16.2. The summed E-state index contributed by atoms with van der Waals surface area (Å²) in [5, 5.41) is 11.3. The molecule has 1 aromatic rings. The fraction of sp³-hybridized carbons (Fsp3) is 0.400. The summed E-state index contributed by atoms with van der Waals surface area (Å²) in [6, 6.07) is 4.32. The number of amides is 3. The Bertz CT molecular complexity index is 657. The van der Waals surface area contributed by atoms with E-state index in [4.69, 9.17) is 5.53 Å². The van der Waals surface area contributed by atoms with Gasteiger partial charge in [0.25, 0.3) is 5.91 Å². The highest BCUT2D eigenvalue weighted by Gasteiger charge is 2.28. The molecule has 2 rings (SSSR count). The summed E-state index contributed by atoms with van der Waals surface area (Å²) in [5.74, 6) is -1.36. The summed E-state index contributed by atoms with van der Waals surface area (Å²) in [6.45, 7) is 3.95. The molecule has 1 heterocycles. The molecule has 122 valence electrons. The molecule has 1 aliphatic heterocycles. The third-order valence-corrected chi connectivity index (χ3v) is 3.36. The molecule has 1 saturated heterocycles. The predicted molar refractivity (Wildman–Crippen MR) is 83.6 cm³/mol. The van der Waals surface area contributed by atoms with Gasteiger partial charge in [0.05, 0.1) is 11.3 Å². The van der Waals surface area contributed by atoms with Gasteiger partial charge in [-0.15, -0.1) is 0 Å². The average molecular weight is 317 g/mol. The number of imide groups is 1. The minimum Gasteiger partial charge on any atom is -0.383 e. The number of hydrogen-bond donors (Lipinski definition) is 4. The summed E-state index contributed by atoms with van der Waals surface area (Å²) in [7, 11) is 0. The molecule has 8 heteroatoms. The van der Waals surface area contributed by atoms with Gasteiger partial charge in [-0.1, -0.05) is 0 Å². The van der Waals surface area contributed by atoms with Gasteiger partial charge in [-0.05, 0) is 38.5 Å². The van der Waals surface area contributed by atoms with Gasteiger partial charge < -0.3 is 10.6 Å². The first kappa shape index (κ1) is 16.6. The zero-order chi connectivity index (χ0) is 17.0. The molecule has 1 atom stereocenters. The van der Waals surface area contributed by atoms with Crippen LogP contribution in [-0.4, -0.2) is 29.8 Å². The van der Waals surface area contributed by atoms with Crippen LogP contribution >= 0.6 is 0 Å². The van der Waals surface area contributed by atoms with Gasteiger partial charge in [-0.3, -0.25) is 19.7 Å². The highest BCUT2D eigenvalue weighted by molar-refractivity contribution is 6.05. The lowest BCUT2D eigenvalue weighted by Gasteiger charge is -2.22. The standard InChI is InChI=1S/C15H19N5O3/c1-8(2)17-9-3-4-10(12(7-9)20-16)14(22)18-11-5-6-13(21)19-15(11)23/h3-4,7-8,11,16-17H,5-6H2,1-2H3,(H,18,22)(H,19,21,23). The van der Waals surface area contributed by atoms with Crippen LogP contribution in [0.15, 0.2) is 23.3 Å². The van der Waals surface area contributed by atoms with Crippen molar-refractivity contribution in [3.8, 4) is 0 Å². The maximum Gasteiger partial charge on any atom is 0.254 e. The summed E-state index contributed by atoms with van der Waals surface area (Å²) < 4.78 is 0. The van der Waals surface area contributed by atoms with E-state index in [1.165, 1.54) is 0 Å². The van der Waals surface area contributed by atoms with Crippen molar-refractivity contribution in [3.05, 3.63) is 23.8 Å². The third-order valence-electron chi connectivity index (χ3n) is 3.36. The lowest BCUT2D eigenvalue weighted by molar-refractivity contribution is -0.134. The van der Waals surface area contributed by atoms with Gasteiger partial charge in [0.2, 0.25) is 11.8 Å². The molecule has 0 saturated carbocycles. The number of nitrogens with one attached hydrogen (secondary N) is 4. The van der Waals surface area contributed by atoms with Crippen LogP contribution in [0.1, 0.15) is 37.0 Å². The zero-order valence-corrected chi connectivity index (χ0v) is 13.0. The summed E-state index contributed by atoms with van der Waals surface area (Å²) in [6.07, 6.45) is 0.445. The van der Waals surface area contributed by atoms with Gasteiger partial charge in [0.1, 0.15) is 6.04 Å². The van der Waals surface area contributed by atoms with E-state index in [2.05, 4.69) is 21.1 Å². The molecule has 1 aliphatic rings. The van der Waals surface area contributed by atoms with Gasteiger partial charge in [0, 0.05) is 18.2 Å². The number of nitrogens with zero attached hydrogens (tertiary/aromatic N) is 1. The third kappa shape index (κ3) is 4.12. The molecule has 0 aliphatic carbocycles. The Morgan fingerprint density at radius 3 is 2.74 bits per heavy atom. The van der Waals surface area contributed by atoms with E-state index in [1.807, 2.05) is 13.8 Å². The second kappa shape index (κ2) is 6.99. The molecule has 4 N–H and O–H groups in total. The van der Waals surface area contributed by atoms with Crippen LogP contribution < -0.4 is 16.0 Å². The van der Waals surface area contributed by atoms with E-state index in [9.17, 15) is 14.4 Å². The highest BCUT2D eigenvalue weighted by Crippen LogP contribution is 2.24. The summed E-state index contributed by atoms with van der Waals surface area (Å²) in [5.41, 5.74) is 8.41. The Kier molecular flexibility index (Phi) is 5.05. The Labute approximate surface area is 133 Å². The molecule has 8 nitrogen and oxygen atoms in total. The molecule has 1 aromatic carbocycles. The number of carbonyl (C=O) groups excluding carboxylic acids is 3. The van der Waals surface area contributed by atoms with E-state index in [-0.39, 0.29) is 36.0 Å². The molecule has 0 radical (unpaired) electrons. The van der Waals surface area contributed by atoms with E-state index in [1.54, 1.807) is 18.2 Å². The Morgan fingerprint density at radius 1 is 1.39 bits per heavy atom. The van der Waals surface area contributed by atoms with Gasteiger partial charge in [-0.2, -0.15) is 5.11 Å². The summed E-state index contributed by atoms with van der Waals surface area (Å²) >= 11 is 0. The van der Waals surface area contributed by atoms with Gasteiger partial charge >= 0.3 is 0 Å². The molecule has 0 spiro atoms. The second-order valence-corrected chi connectivity index (χ2v) is 5.62. The second-order valence-electron chi connectivity index (χ2n) is 5.62. The Balaban J connectivity index is 2.14. The molecule has 3 amide bonds. The van der Waals surface area contributed by atoms with Crippen molar-refractivity contribution >= 4 is 29.1 Å². The number of piperidine rings is 1. The Morgan fingerprint density at radius 2 is 2.13 bits per heavy atom. The largest absolute Gasteiger partial charge is 0.383 e. The molecular formula is C15H19N5O3. The number of benzene rings is 1. The minimum atomic E-state index is -0.757. The smallest absolute Gasteiger partial charge is 0.254 e. The number of rotatable bonds is 5. The SMILES string of the molecule is CC(C)Nc1ccc(C(=O)NC2CCC(=O)NC2=O)c(N=N)c1. The molecule has 23 heavy (non-hydrogen) atoms. The maximum absolute atomic E-state index is 12.3. The fourth-order valence-electron chi connectivity index (χ4n) is 2.31. The summed E-state index contributed by atoms with van der Waals surface area (Å²) in [4.78, 5) is 35.1. The van der Waals surface area contributed by atoms with Crippen molar-refractivity contribution in [1.29, 1.82) is 5.53 Å². The first-order chi connectivity index (χ1) is 10.9. The first-order valence-electron chi connectivity index (χ1n) is 7.33. The topological polar surface area (TPSA) is 124 Å². The van der Waals surface area contributed by atoms with Crippen LogP contribution in [0.3, 0.4) is 0 Å². The normalized spacial score (nSPS) is 17.6. The zero-order valence-electron chi connectivity index (χ0n) is 13.0.